The van der Waals surface area contributed by atoms with Crippen LogP contribution in [0.25, 0.3) is 0 Å². The van der Waals surface area contributed by atoms with Gasteiger partial charge in [-0.2, -0.15) is 0 Å². The Morgan fingerprint density at radius 1 is 0.741 bits per heavy atom. The highest BCUT2D eigenvalue weighted by atomic mass is 16.5. The summed E-state index contributed by atoms with van der Waals surface area (Å²) < 4.78 is 4.59. The molecule has 27 heavy (non-hydrogen) atoms. The minimum absolute atomic E-state index is 0.325. The SMILES string of the molecule is CCCCCC/C=C\C/C=C\CCCCCCCCCC(=O)OCC(=O)O. The number of carboxylic acids is 1. The molecule has 0 aromatic carbocycles. The molecule has 0 amide bonds. The summed E-state index contributed by atoms with van der Waals surface area (Å²) in [4.78, 5) is 21.5. The normalized spacial score (nSPS) is 11.4. The number of rotatable bonds is 19. The second-order valence-corrected chi connectivity index (χ2v) is 7.10. The third kappa shape index (κ3) is 22.4. The standard InChI is InChI=1S/C23H40O4/c1-2-3-4-5-6-7-8-9-10-11-12-13-14-15-16-17-18-19-20-23(26)27-21-22(24)25/h7-8,10-11H,2-6,9,12-21H2,1H3,(H,24,25)/b8-7-,11-10-. The van der Waals surface area contributed by atoms with Gasteiger partial charge in [-0.25, -0.2) is 4.79 Å². The van der Waals surface area contributed by atoms with Crippen LogP contribution in [0.4, 0.5) is 0 Å². The van der Waals surface area contributed by atoms with Crippen LogP contribution in [0.5, 0.6) is 0 Å². The number of carboxylic acid groups (broad SMARTS) is 1. The van der Waals surface area contributed by atoms with Crippen LogP contribution < -0.4 is 0 Å². The highest BCUT2D eigenvalue weighted by molar-refractivity contribution is 5.75. The third-order valence-corrected chi connectivity index (χ3v) is 4.44. The van der Waals surface area contributed by atoms with Gasteiger partial charge in [-0.1, -0.05) is 82.6 Å². The first-order valence-corrected chi connectivity index (χ1v) is 10.8. The molecular weight excluding hydrogens is 340 g/mol. The van der Waals surface area contributed by atoms with Crippen molar-refractivity contribution < 1.29 is 19.4 Å². The van der Waals surface area contributed by atoms with E-state index in [2.05, 4.69) is 36.0 Å². The maximum absolute atomic E-state index is 11.2. The number of esters is 1. The number of unbranched alkanes of at least 4 members (excludes halogenated alkanes) is 11. The molecule has 0 aliphatic carbocycles. The van der Waals surface area contributed by atoms with Crippen molar-refractivity contribution >= 4 is 11.9 Å². The van der Waals surface area contributed by atoms with Crippen LogP contribution in [0.15, 0.2) is 24.3 Å². The Labute approximate surface area is 166 Å². The van der Waals surface area contributed by atoms with Gasteiger partial charge in [0.1, 0.15) is 0 Å². The molecule has 0 saturated carbocycles. The van der Waals surface area contributed by atoms with Crippen molar-refractivity contribution in [1.82, 2.24) is 0 Å². The molecule has 4 heteroatoms. The quantitative estimate of drug-likeness (QED) is 0.156. The fourth-order valence-electron chi connectivity index (χ4n) is 2.83. The Bertz CT molecular complexity index is 413. The average Bonchev–Trinajstić information content (AvgIpc) is 2.65. The van der Waals surface area contributed by atoms with Crippen LogP contribution in [-0.4, -0.2) is 23.7 Å². The van der Waals surface area contributed by atoms with Crippen molar-refractivity contribution in [2.45, 2.75) is 103 Å². The first kappa shape index (κ1) is 25.4. The highest BCUT2D eigenvalue weighted by Gasteiger charge is 2.05. The molecule has 0 aromatic rings. The molecule has 156 valence electrons. The van der Waals surface area contributed by atoms with Gasteiger partial charge in [0.05, 0.1) is 0 Å². The van der Waals surface area contributed by atoms with Gasteiger partial charge in [0.15, 0.2) is 6.61 Å². The van der Waals surface area contributed by atoms with Gasteiger partial charge in [0, 0.05) is 6.42 Å². The third-order valence-electron chi connectivity index (χ3n) is 4.44. The van der Waals surface area contributed by atoms with E-state index in [0.717, 1.165) is 25.7 Å². The van der Waals surface area contributed by atoms with Crippen LogP contribution in [-0.2, 0) is 14.3 Å². The number of carbonyl (C=O) groups excluding carboxylic acids is 1. The fourth-order valence-corrected chi connectivity index (χ4v) is 2.83. The van der Waals surface area contributed by atoms with Gasteiger partial charge >= 0.3 is 11.9 Å². The second-order valence-electron chi connectivity index (χ2n) is 7.10. The summed E-state index contributed by atoms with van der Waals surface area (Å²) >= 11 is 0. The molecule has 4 nitrogen and oxygen atoms in total. The summed E-state index contributed by atoms with van der Waals surface area (Å²) in [6.45, 7) is 1.72. The maximum Gasteiger partial charge on any atom is 0.341 e. The van der Waals surface area contributed by atoms with Crippen molar-refractivity contribution in [3.63, 3.8) is 0 Å². The zero-order chi connectivity index (χ0) is 20.0. The van der Waals surface area contributed by atoms with Gasteiger partial charge in [0.2, 0.25) is 0 Å². The number of allylic oxidation sites excluding steroid dienone is 4. The molecule has 0 bridgehead atoms. The Morgan fingerprint density at radius 3 is 1.81 bits per heavy atom. The van der Waals surface area contributed by atoms with Gasteiger partial charge in [-0.05, 0) is 38.5 Å². The lowest BCUT2D eigenvalue weighted by Gasteiger charge is -2.02. The molecule has 0 aromatic heterocycles. The molecule has 0 heterocycles. The van der Waals surface area contributed by atoms with E-state index < -0.39 is 18.5 Å². The van der Waals surface area contributed by atoms with E-state index in [1.165, 1.54) is 64.2 Å². The summed E-state index contributed by atoms with van der Waals surface area (Å²) in [7, 11) is 0. The van der Waals surface area contributed by atoms with E-state index in [-0.39, 0.29) is 0 Å². The summed E-state index contributed by atoms with van der Waals surface area (Å²) in [5.41, 5.74) is 0. The Morgan fingerprint density at radius 2 is 1.26 bits per heavy atom. The van der Waals surface area contributed by atoms with Crippen molar-refractivity contribution in [3.05, 3.63) is 24.3 Å². The second kappa shape index (κ2) is 20.7. The Hall–Kier alpha value is -1.58. The zero-order valence-electron chi connectivity index (χ0n) is 17.3. The van der Waals surface area contributed by atoms with E-state index in [9.17, 15) is 9.59 Å². The number of ether oxygens (including phenoxy) is 1. The van der Waals surface area contributed by atoms with Crippen LogP contribution in [0.2, 0.25) is 0 Å². The van der Waals surface area contributed by atoms with E-state index in [1.54, 1.807) is 0 Å². The molecule has 0 saturated heterocycles. The molecule has 1 N–H and O–H groups in total. The van der Waals surface area contributed by atoms with Crippen LogP contribution >= 0.6 is 0 Å². The average molecular weight is 381 g/mol. The van der Waals surface area contributed by atoms with Crippen LogP contribution in [0.1, 0.15) is 103 Å². The lowest BCUT2D eigenvalue weighted by molar-refractivity contribution is -0.155. The number of aliphatic carboxylic acids is 1. The largest absolute Gasteiger partial charge is 0.479 e. The number of hydrogen-bond donors (Lipinski definition) is 1. The van der Waals surface area contributed by atoms with E-state index in [0.29, 0.717) is 6.42 Å². The molecule has 0 rings (SSSR count). The number of hydrogen-bond acceptors (Lipinski definition) is 3. The lowest BCUT2D eigenvalue weighted by Crippen LogP contribution is -2.12. The van der Waals surface area contributed by atoms with Crippen LogP contribution in [0, 0.1) is 0 Å². The minimum Gasteiger partial charge on any atom is -0.479 e. The van der Waals surface area contributed by atoms with Gasteiger partial charge in [0.25, 0.3) is 0 Å². The molecule has 0 fully saturated rings. The topological polar surface area (TPSA) is 63.6 Å². The van der Waals surface area contributed by atoms with Gasteiger partial charge in [-0.15, -0.1) is 0 Å². The summed E-state index contributed by atoms with van der Waals surface area (Å²) in [6.07, 6.45) is 26.1. The fraction of sp³-hybridized carbons (Fsp3) is 0.739. The zero-order valence-corrected chi connectivity index (χ0v) is 17.3. The van der Waals surface area contributed by atoms with Crippen molar-refractivity contribution in [1.29, 1.82) is 0 Å². The monoisotopic (exact) mass is 380 g/mol. The molecule has 0 unspecified atom stereocenters. The van der Waals surface area contributed by atoms with Crippen LogP contribution in [0.3, 0.4) is 0 Å². The van der Waals surface area contributed by atoms with Gasteiger partial charge < -0.3 is 9.84 Å². The smallest absolute Gasteiger partial charge is 0.341 e. The minimum atomic E-state index is -1.10. The predicted molar refractivity (Wildman–Crippen MR) is 112 cm³/mol. The summed E-state index contributed by atoms with van der Waals surface area (Å²) in [5, 5.41) is 8.41. The molecule has 0 spiro atoms. The molecule has 0 aliphatic rings. The van der Waals surface area contributed by atoms with E-state index in [1.807, 2.05) is 0 Å². The number of carbonyl (C=O) groups is 2. The predicted octanol–water partition coefficient (Wildman–Crippen LogP) is 6.60. The van der Waals surface area contributed by atoms with E-state index in [4.69, 9.17) is 5.11 Å². The summed E-state index contributed by atoms with van der Waals surface area (Å²) in [5.74, 6) is -1.51. The Kier molecular flexibility index (Phi) is 19.5. The first-order chi connectivity index (χ1) is 13.2. The molecular formula is C23H40O4. The maximum atomic E-state index is 11.2. The molecule has 0 aliphatic heterocycles. The Balaban J connectivity index is 3.25. The first-order valence-electron chi connectivity index (χ1n) is 10.8. The lowest BCUT2D eigenvalue weighted by atomic mass is 10.1. The highest BCUT2D eigenvalue weighted by Crippen LogP contribution is 2.10. The van der Waals surface area contributed by atoms with Crippen molar-refractivity contribution in [2.75, 3.05) is 6.61 Å². The van der Waals surface area contributed by atoms with E-state index >= 15 is 0 Å². The van der Waals surface area contributed by atoms with Gasteiger partial charge in [-0.3, -0.25) is 4.79 Å². The summed E-state index contributed by atoms with van der Waals surface area (Å²) in [6, 6.07) is 0. The molecule has 0 atom stereocenters. The van der Waals surface area contributed by atoms with Crippen molar-refractivity contribution in [3.8, 4) is 0 Å². The molecule has 0 radical (unpaired) electrons. The van der Waals surface area contributed by atoms with Crippen molar-refractivity contribution in [2.24, 2.45) is 0 Å².